The highest BCUT2D eigenvalue weighted by molar-refractivity contribution is 5.28. The van der Waals surface area contributed by atoms with Crippen molar-refractivity contribution in [3.05, 3.63) is 11.9 Å². The summed E-state index contributed by atoms with van der Waals surface area (Å²) in [6.45, 7) is 8.62. The number of nitrogens with zero attached hydrogens (tertiary/aromatic N) is 2. The van der Waals surface area contributed by atoms with Gasteiger partial charge in [0.2, 0.25) is 5.95 Å². The minimum absolute atomic E-state index is 0.661. The van der Waals surface area contributed by atoms with Crippen LogP contribution >= 0.6 is 0 Å². The van der Waals surface area contributed by atoms with E-state index in [1.807, 2.05) is 0 Å². The average Bonchev–Trinajstić information content (AvgIpc) is 2.97. The van der Waals surface area contributed by atoms with Crippen LogP contribution < -0.4 is 5.32 Å². The number of rotatable bonds is 6. The van der Waals surface area contributed by atoms with Crippen molar-refractivity contribution in [3.8, 4) is 0 Å². The van der Waals surface area contributed by atoms with Crippen LogP contribution in [0.15, 0.2) is 6.20 Å². The Kier molecular flexibility index (Phi) is 3.52. The van der Waals surface area contributed by atoms with E-state index < -0.39 is 0 Å². The minimum atomic E-state index is 0.661. The van der Waals surface area contributed by atoms with Crippen molar-refractivity contribution in [2.75, 3.05) is 11.9 Å². The zero-order valence-corrected chi connectivity index (χ0v) is 10.7. The summed E-state index contributed by atoms with van der Waals surface area (Å²) in [6.07, 6.45) is 6.34. The fourth-order valence-corrected chi connectivity index (χ4v) is 1.88. The van der Waals surface area contributed by atoms with Crippen LogP contribution in [0.2, 0.25) is 0 Å². The summed E-state index contributed by atoms with van der Waals surface area (Å²) in [6, 6.07) is 0. The van der Waals surface area contributed by atoms with E-state index in [2.05, 4.69) is 41.8 Å². The molecule has 0 bridgehead atoms. The Balaban J connectivity index is 1.92. The van der Waals surface area contributed by atoms with Gasteiger partial charge in [-0.05, 0) is 25.2 Å². The fraction of sp³-hybridized carbons (Fsp3) is 0.769. The molecule has 0 aliphatic heterocycles. The standard InChI is InChI=1S/C13H23N3/c1-10(2)8-14-13-15-11(3)9-16(13)7-6-12-4-5-12/h9-10,12H,4-8H2,1-3H3,(H,14,15). The quantitative estimate of drug-likeness (QED) is 0.800. The van der Waals surface area contributed by atoms with E-state index in [0.717, 1.165) is 30.6 Å². The number of aromatic nitrogens is 2. The molecule has 90 valence electrons. The largest absolute Gasteiger partial charge is 0.355 e. The van der Waals surface area contributed by atoms with E-state index in [1.165, 1.54) is 19.3 Å². The van der Waals surface area contributed by atoms with E-state index in [0.29, 0.717) is 5.92 Å². The maximum absolute atomic E-state index is 4.53. The van der Waals surface area contributed by atoms with Crippen molar-refractivity contribution in [1.82, 2.24) is 9.55 Å². The molecule has 0 unspecified atom stereocenters. The van der Waals surface area contributed by atoms with Gasteiger partial charge in [-0.3, -0.25) is 0 Å². The predicted octanol–water partition coefficient (Wildman–Crippen LogP) is 3.06. The van der Waals surface area contributed by atoms with Gasteiger partial charge in [0.1, 0.15) is 0 Å². The van der Waals surface area contributed by atoms with E-state index >= 15 is 0 Å². The molecule has 3 nitrogen and oxygen atoms in total. The molecule has 1 N–H and O–H groups in total. The Morgan fingerprint density at radius 2 is 2.25 bits per heavy atom. The summed E-state index contributed by atoms with van der Waals surface area (Å²) in [5.74, 6) is 2.70. The summed E-state index contributed by atoms with van der Waals surface area (Å²) in [7, 11) is 0. The molecule has 2 rings (SSSR count). The molecule has 0 amide bonds. The summed E-state index contributed by atoms with van der Waals surface area (Å²) < 4.78 is 2.27. The maximum Gasteiger partial charge on any atom is 0.203 e. The zero-order valence-electron chi connectivity index (χ0n) is 10.7. The molecular weight excluding hydrogens is 198 g/mol. The highest BCUT2D eigenvalue weighted by atomic mass is 15.2. The Morgan fingerprint density at radius 1 is 1.50 bits per heavy atom. The lowest BCUT2D eigenvalue weighted by Gasteiger charge is -2.10. The average molecular weight is 221 g/mol. The molecular formula is C13H23N3. The van der Waals surface area contributed by atoms with Crippen molar-refractivity contribution >= 4 is 5.95 Å². The molecule has 0 atom stereocenters. The number of hydrogen-bond acceptors (Lipinski definition) is 2. The monoisotopic (exact) mass is 221 g/mol. The number of hydrogen-bond donors (Lipinski definition) is 1. The molecule has 1 heterocycles. The Hall–Kier alpha value is -0.990. The SMILES string of the molecule is Cc1cn(CCC2CC2)c(NCC(C)C)n1. The normalized spacial score (nSPS) is 15.8. The third-order valence-electron chi connectivity index (χ3n) is 3.04. The van der Waals surface area contributed by atoms with E-state index in [1.54, 1.807) is 0 Å². The third-order valence-corrected chi connectivity index (χ3v) is 3.04. The zero-order chi connectivity index (χ0) is 11.5. The number of nitrogens with one attached hydrogen (secondary N) is 1. The molecule has 16 heavy (non-hydrogen) atoms. The molecule has 1 aliphatic rings. The van der Waals surface area contributed by atoms with Gasteiger partial charge in [0.05, 0.1) is 5.69 Å². The van der Waals surface area contributed by atoms with Crippen molar-refractivity contribution in [3.63, 3.8) is 0 Å². The molecule has 1 fully saturated rings. The number of aryl methyl sites for hydroxylation is 2. The van der Waals surface area contributed by atoms with Gasteiger partial charge in [-0.15, -0.1) is 0 Å². The number of imidazole rings is 1. The van der Waals surface area contributed by atoms with Gasteiger partial charge in [0.15, 0.2) is 0 Å². The van der Waals surface area contributed by atoms with Crippen LogP contribution in [0.3, 0.4) is 0 Å². The van der Waals surface area contributed by atoms with E-state index in [9.17, 15) is 0 Å². The first-order valence-electron chi connectivity index (χ1n) is 6.43. The minimum Gasteiger partial charge on any atom is -0.355 e. The second-order valence-electron chi connectivity index (χ2n) is 5.41. The number of anilines is 1. The highest BCUT2D eigenvalue weighted by Crippen LogP contribution is 2.33. The molecule has 0 radical (unpaired) electrons. The van der Waals surface area contributed by atoms with Crippen LogP contribution in [0.4, 0.5) is 5.95 Å². The molecule has 1 aromatic rings. The lowest BCUT2D eigenvalue weighted by Crippen LogP contribution is -2.12. The van der Waals surface area contributed by atoms with Crippen molar-refractivity contribution in [1.29, 1.82) is 0 Å². The van der Waals surface area contributed by atoms with Crippen molar-refractivity contribution in [2.24, 2.45) is 11.8 Å². The van der Waals surface area contributed by atoms with Crippen LogP contribution in [0.25, 0.3) is 0 Å². The summed E-state index contributed by atoms with van der Waals surface area (Å²) in [5.41, 5.74) is 1.11. The lowest BCUT2D eigenvalue weighted by molar-refractivity contribution is 0.594. The summed E-state index contributed by atoms with van der Waals surface area (Å²) in [4.78, 5) is 4.53. The van der Waals surface area contributed by atoms with Gasteiger partial charge in [-0.25, -0.2) is 4.98 Å². The lowest BCUT2D eigenvalue weighted by atomic mass is 10.2. The van der Waals surface area contributed by atoms with Gasteiger partial charge in [0.25, 0.3) is 0 Å². The van der Waals surface area contributed by atoms with Gasteiger partial charge in [0, 0.05) is 19.3 Å². The van der Waals surface area contributed by atoms with Crippen molar-refractivity contribution in [2.45, 2.75) is 46.6 Å². The molecule has 1 saturated carbocycles. The van der Waals surface area contributed by atoms with Gasteiger partial charge in [-0.2, -0.15) is 0 Å². The molecule has 3 heteroatoms. The molecule has 1 aromatic heterocycles. The third kappa shape index (κ3) is 3.26. The summed E-state index contributed by atoms with van der Waals surface area (Å²) >= 11 is 0. The highest BCUT2D eigenvalue weighted by Gasteiger charge is 2.21. The first-order valence-corrected chi connectivity index (χ1v) is 6.43. The van der Waals surface area contributed by atoms with Crippen LogP contribution in [0, 0.1) is 18.8 Å². The Labute approximate surface area is 98.3 Å². The first kappa shape index (κ1) is 11.5. The topological polar surface area (TPSA) is 29.9 Å². The van der Waals surface area contributed by atoms with Crippen LogP contribution in [-0.2, 0) is 6.54 Å². The molecule has 1 aliphatic carbocycles. The smallest absolute Gasteiger partial charge is 0.203 e. The molecule has 0 aromatic carbocycles. The fourth-order valence-electron chi connectivity index (χ4n) is 1.88. The van der Waals surface area contributed by atoms with Gasteiger partial charge in [-0.1, -0.05) is 26.7 Å². The van der Waals surface area contributed by atoms with E-state index in [4.69, 9.17) is 0 Å². The van der Waals surface area contributed by atoms with Crippen LogP contribution in [0.5, 0.6) is 0 Å². The van der Waals surface area contributed by atoms with Crippen LogP contribution in [-0.4, -0.2) is 16.1 Å². The van der Waals surface area contributed by atoms with E-state index in [-0.39, 0.29) is 0 Å². The maximum atomic E-state index is 4.53. The molecule has 0 saturated heterocycles. The van der Waals surface area contributed by atoms with Gasteiger partial charge < -0.3 is 9.88 Å². The predicted molar refractivity (Wildman–Crippen MR) is 67.6 cm³/mol. The first-order chi connectivity index (χ1) is 7.65. The second-order valence-corrected chi connectivity index (χ2v) is 5.41. The second kappa shape index (κ2) is 4.89. The summed E-state index contributed by atoms with van der Waals surface area (Å²) in [5, 5.41) is 3.43. The van der Waals surface area contributed by atoms with Crippen LogP contribution in [0.1, 0.15) is 38.8 Å². The Morgan fingerprint density at radius 3 is 2.88 bits per heavy atom. The van der Waals surface area contributed by atoms with Gasteiger partial charge >= 0.3 is 0 Å². The van der Waals surface area contributed by atoms with Crippen molar-refractivity contribution < 1.29 is 0 Å². The molecule has 0 spiro atoms. The Bertz CT molecular complexity index is 313.